The van der Waals surface area contributed by atoms with Gasteiger partial charge in [-0.3, -0.25) is 4.79 Å². The van der Waals surface area contributed by atoms with Crippen molar-refractivity contribution >= 4 is 28.4 Å². The number of halogens is 1. The van der Waals surface area contributed by atoms with E-state index in [9.17, 15) is 4.79 Å². The van der Waals surface area contributed by atoms with Crippen LogP contribution in [-0.4, -0.2) is 38.5 Å². The third kappa shape index (κ3) is 5.29. The number of benzene rings is 1. The molecule has 8 nitrogen and oxygen atoms in total. The van der Waals surface area contributed by atoms with Crippen LogP contribution < -0.4 is 14.8 Å². The van der Waals surface area contributed by atoms with E-state index in [1.807, 2.05) is 26.8 Å². The largest absolute Gasteiger partial charge is 0.474 e. The van der Waals surface area contributed by atoms with Gasteiger partial charge in [-0.2, -0.15) is 0 Å². The van der Waals surface area contributed by atoms with Crippen molar-refractivity contribution in [1.29, 1.82) is 0 Å². The van der Waals surface area contributed by atoms with Gasteiger partial charge in [0.15, 0.2) is 0 Å². The summed E-state index contributed by atoms with van der Waals surface area (Å²) < 4.78 is 11.3. The van der Waals surface area contributed by atoms with E-state index in [2.05, 4.69) is 25.3 Å². The lowest BCUT2D eigenvalue weighted by molar-refractivity contribution is -0.119. The van der Waals surface area contributed by atoms with Crippen molar-refractivity contribution in [3.05, 3.63) is 41.6 Å². The molecule has 1 N–H and O–H groups in total. The van der Waals surface area contributed by atoms with Gasteiger partial charge in [0, 0.05) is 24.4 Å². The Morgan fingerprint density at radius 2 is 1.83 bits per heavy atom. The highest BCUT2D eigenvalue weighted by molar-refractivity contribution is 6.36. The van der Waals surface area contributed by atoms with Crippen molar-refractivity contribution in [2.75, 3.05) is 6.61 Å². The van der Waals surface area contributed by atoms with Gasteiger partial charge in [-0.25, -0.2) is 19.9 Å². The van der Waals surface area contributed by atoms with Crippen LogP contribution in [0.4, 0.5) is 0 Å². The zero-order chi connectivity index (χ0) is 21.0. The van der Waals surface area contributed by atoms with E-state index in [0.717, 1.165) is 11.3 Å². The molecule has 1 aromatic carbocycles. The molecule has 1 amide bonds. The first-order valence-corrected chi connectivity index (χ1v) is 9.56. The Bertz CT molecular complexity index is 1010. The molecule has 29 heavy (non-hydrogen) atoms. The normalized spacial score (nSPS) is 12.1. The van der Waals surface area contributed by atoms with E-state index in [1.165, 1.54) is 19.3 Å². The number of carbonyl (C=O) groups excluding carboxylic acids is 1. The van der Waals surface area contributed by atoms with E-state index in [-0.39, 0.29) is 30.4 Å². The Morgan fingerprint density at radius 3 is 2.48 bits per heavy atom. The summed E-state index contributed by atoms with van der Waals surface area (Å²) in [4.78, 5) is 28.2. The summed E-state index contributed by atoms with van der Waals surface area (Å²) in [5.74, 6) is 1.90. The van der Waals surface area contributed by atoms with Gasteiger partial charge in [-0.05, 0) is 19.1 Å². The first kappa shape index (κ1) is 20.7. The molecule has 152 valence electrons. The monoisotopic (exact) mass is 415 g/mol. The minimum atomic E-state index is -0.139. The topological polar surface area (TPSA) is 99.1 Å². The lowest BCUT2D eigenvalue weighted by Crippen LogP contribution is -2.35. The SMILES string of the molecule is CC(=O)NC(C)COc1cnc(Oc2ccc3nc(C(C)C)ncc3c2Cl)cn1. The number of ether oxygens (including phenoxy) is 2. The Balaban J connectivity index is 1.69. The maximum absolute atomic E-state index is 11.0. The summed E-state index contributed by atoms with van der Waals surface area (Å²) in [5.41, 5.74) is 0.754. The lowest BCUT2D eigenvalue weighted by Gasteiger charge is -2.13. The van der Waals surface area contributed by atoms with E-state index in [4.69, 9.17) is 21.1 Å². The predicted octanol–water partition coefficient (Wildman–Crippen LogP) is 3.89. The molecule has 3 rings (SSSR count). The fourth-order valence-corrected chi connectivity index (χ4v) is 2.81. The Labute approximate surface area is 173 Å². The maximum Gasteiger partial charge on any atom is 0.238 e. The molecule has 0 saturated heterocycles. The fraction of sp³-hybridized carbons (Fsp3) is 0.350. The minimum Gasteiger partial charge on any atom is -0.474 e. The molecule has 3 aromatic rings. The lowest BCUT2D eigenvalue weighted by atomic mass is 10.2. The minimum absolute atomic E-state index is 0.117. The Hall–Kier alpha value is -3.00. The summed E-state index contributed by atoms with van der Waals surface area (Å²) in [6.07, 6.45) is 4.59. The summed E-state index contributed by atoms with van der Waals surface area (Å²) in [6.45, 7) is 7.64. The quantitative estimate of drug-likeness (QED) is 0.624. The number of hydrogen-bond acceptors (Lipinski definition) is 7. The highest BCUT2D eigenvalue weighted by Gasteiger charge is 2.12. The van der Waals surface area contributed by atoms with E-state index in [0.29, 0.717) is 22.0 Å². The van der Waals surface area contributed by atoms with Crippen LogP contribution in [0.2, 0.25) is 5.02 Å². The smallest absolute Gasteiger partial charge is 0.238 e. The van der Waals surface area contributed by atoms with Crippen LogP contribution in [0.5, 0.6) is 17.5 Å². The van der Waals surface area contributed by atoms with Crippen LogP contribution in [0, 0.1) is 0 Å². The first-order chi connectivity index (χ1) is 13.8. The molecule has 0 aliphatic heterocycles. The second-order valence-electron chi connectivity index (χ2n) is 6.90. The van der Waals surface area contributed by atoms with Crippen molar-refractivity contribution in [3.8, 4) is 17.5 Å². The van der Waals surface area contributed by atoms with Crippen LogP contribution in [0.15, 0.2) is 30.7 Å². The third-order valence-corrected chi connectivity index (χ3v) is 4.34. The molecular weight excluding hydrogens is 394 g/mol. The van der Waals surface area contributed by atoms with Gasteiger partial charge >= 0.3 is 0 Å². The summed E-state index contributed by atoms with van der Waals surface area (Å²) >= 11 is 6.47. The number of aromatic nitrogens is 4. The van der Waals surface area contributed by atoms with Crippen LogP contribution in [0.3, 0.4) is 0 Å². The number of rotatable bonds is 7. The van der Waals surface area contributed by atoms with Crippen molar-refractivity contribution in [2.45, 2.75) is 39.7 Å². The number of fused-ring (bicyclic) bond motifs is 1. The standard InChI is InChI=1S/C20H22ClN5O3/c1-11(2)20-24-7-14-15(26-20)5-6-16(19(14)21)29-18-9-22-17(8-23-18)28-10-12(3)25-13(4)27/h5-9,11-12H,10H2,1-4H3,(H,25,27). The highest BCUT2D eigenvalue weighted by Crippen LogP contribution is 2.34. The van der Waals surface area contributed by atoms with Crippen molar-refractivity contribution in [2.24, 2.45) is 0 Å². The zero-order valence-corrected chi connectivity index (χ0v) is 17.4. The van der Waals surface area contributed by atoms with Crippen LogP contribution >= 0.6 is 11.6 Å². The van der Waals surface area contributed by atoms with Crippen molar-refractivity contribution in [1.82, 2.24) is 25.3 Å². The number of nitrogens with zero attached hydrogens (tertiary/aromatic N) is 4. The molecular formula is C20H22ClN5O3. The zero-order valence-electron chi connectivity index (χ0n) is 16.6. The maximum atomic E-state index is 11.0. The third-order valence-electron chi connectivity index (χ3n) is 3.95. The number of amides is 1. The van der Waals surface area contributed by atoms with E-state index in [1.54, 1.807) is 12.3 Å². The van der Waals surface area contributed by atoms with Crippen LogP contribution in [-0.2, 0) is 4.79 Å². The molecule has 2 aromatic heterocycles. The molecule has 0 aliphatic carbocycles. The number of nitrogens with one attached hydrogen (secondary N) is 1. The average Bonchev–Trinajstić information content (AvgIpc) is 2.68. The molecule has 0 saturated carbocycles. The van der Waals surface area contributed by atoms with Gasteiger partial charge in [0.1, 0.15) is 18.2 Å². The van der Waals surface area contributed by atoms with E-state index < -0.39 is 0 Å². The van der Waals surface area contributed by atoms with Crippen LogP contribution in [0.25, 0.3) is 10.9 Å². The molecule has 9 heteroatoms. The first-order valence-electron chi connectivity index (χ1n) is 9.18. The molecule has 2 heterocycles. The van der Waals surface area contributed by atoms with Crippen molar-refractivity contribution in [3.63, 3.8) is 0 Å². The highest BCUT2D eigenvalue weighted by atomic mass is 35.5. The molecule has 0 aliphatic rings. The molecule has 0 fully saturated rings. The second-order valence-corrected chi connectivity index (χ2v) is 7.28. The Morgan fingerprint density at radius 1 is 1.10 bits per heavy atom. The fourth-order valence-electron chi connectivity index (χ4n) is 2.57. The molecule has 1 unspecified atom stereocenters. The summed E-state index contributed by atoms with van der Waals surface area (Å²) in [7, 11) is 0. The van der Waals surface area contributed by atoms with Gasteiger partial charge in [-0.15, -0.1) is 0 Å². The van der Waals surface area contributed by atoms with Gasteiger partial charge < -0.3 is 14.8 Å². The van der Waals surface area contributed by atoms with Gasteiger partial charge in [0.05, 0.1) is 29.0 Å². The molecule has 0 radical (unpaired) electrons. The Kier molecular flexibility index (Phi) is 6.43. The predicted molar refractivity (Wildman–Crippen MR) is 110 cm³/mol. The van der Waals surface area contributed by atoms with Gasteiger partial charge in [0.25, 0.3) is 0 Å². The van der Waals surface area contributed by atoms with Gasteiger partial charge in [-0.1, -0.05) is 25.4 Å². The van der Waals surface area contributed by atoms with E-state index >= 15 is 0 Å². The van der Waals surface area contributed by atoms with Crippen molar-refractivity contribution < 1.29 is 14.3 Å². The molecule has 0 bridgehead atoms. The number of hydrogen-bond donors (Lipinski definition) is 1. The summed E-state index contributed by atoms with van der Waals surface area (Å²) in [6, 6.07) is 3.43. The molecule has 1 atom stereocenters. The second kappa shape index (κ2) is 9.00. The number of carbonyl (C=O) groups is 1. The average molecular weight is 416 g/mol. The van der Waals surface area contributed by atoms with Crippen LogP contribution in [0.1, 0.15) is 39.4 Å². The van der Waals surface area contributed by atoms with Gasteiger partial charge in [0.2, 0.25) is 17.7 Å². The molecule has 0 spiro atoms. The summed E-state index contributed by atoms with van der Waals surface area (Å²) in [5, 5.41) is 3.83.